The van der Waals surface area contributed by atoms with Crippen LogP contribution in [0.1, 0.15) is 16.7 Å². The second kappa shape index (κ2) is 6.49. The molecule has 2 unspecified atom stereocenters. The average molecular weight is 358 g/mol. The number of rotatable bonds is 3. The van der Waals surface area contributed by atoms with Gasteiger partial charge in [0.25, 0.3) is 0 Å². The SMILES string of the molecule is Cc1ccc(-c2ccc(C3(c4ccccc4)OC(=O)C(O)C3=O)cc2)cc1. The molecule has 134 valence electrons. The predicted molar refractivity (Wildman–Crippen MR) is 101 cm³/mol. The van der Waals surface area contributed by atoms with Crippen LogP contribution in [0.4, 0.5) is 0 Å². The van der Waals surface area contributed by atoms with Gasteiger partial charge < -0.3 is 9.84 Å². The number of ketones is 1. The molecular weight excluding hydrogens is 340 g/mol. The highest BCUT2D eigenvalue weighted by molar-refractivity contribution is 6.13. The molecule has 0 spiro atoms. The standard InChI is InChI=1S/C23H18O4/c1-15-7-9-16(10-8-15)17-11-13-19(14-12-17)23(18-5-3-2-4-6-18)21(25)20(24)22(26)27-23/h2-14,20,24H,1H3. The van der Waals surface area contributed by atoms with Crippen molar-refractivity contribution in [3.05, 3.63) is 95.6 Å². The van der Waals surface area contributed by atoms with Gasteiger partial charge in [-0.25, -0.2) is 4.79 Å². The largest absolute Gasteiger partial charge is 0.439 e. The molecule has 0 aromatic heterocycles. The minimum absolute atomic E-state index is 0.513. The van der Waals surface area contributed by atoms with Crippen LogP contribution in [0.25, 0.3) is 11.1 Å². The molecule has 0 amide bonds. The van der Waals surface area contributed by atoms with E-state index in [0.29, 0.717) is 11.1 Å². The van der Waals surface area contributed by atoms with Gasteiger partial charge in [-0.1, -0.05) is 84.4 Å². The van der Waals surface area contributed by atoms with Gasteiger partial charge in [0.15, 0.2) is 0 Å². The Kier molecular flexibility index (Phi) is 4.13. The third-order valence-electron chi connectivity index (χ3n) is 4.93. The number of cyclic esters (lactones) is 1. The van der Waals surface area contributed by atoms with Crippen molar-refractivity contribution >= 4 is 11.8 Å². The van der Waals surface area contributed by atoms with E-state index in [9.17, 15) is 14.7 Å². The number of carbonyl (C=O) groups excluding carboxylic acids is 2. The lowest BCUT2D eigenvalue weighted by molar-refractivity contribution is -0.151. The van der Waals surface area contributed by atoms with Crippen LogP contribution in [-0.2, 0) is 19.9 Å². The van der Waals surface area contributed by atoms with E-state index in [2.05, 4.69) is 0 Å². The van der Waals surface area contributed by atoms with Gasteiger partial charge in [0.1, 0.15) is 0 Å². The van der Waals surface area contributed by atoms with E-state index in [1.165, 1.54) is 5.56 Å². The van der Waals surface area contributed by atoms with E-state index in [1.807, 2.05) is 49.4 Å². The van der Waals surface area contributed by atoms with Gasteiger partial charge in [0.05, 0.1) is 0 Å². The first-order valence-electron chi connectivity index (χ1n) is 8.71. The summed E-state index contributed by atoms with van der Waals surface area (Å²) in [6.07, 6.45) is -1.78. The zero-order chi connectivity index (χ0) is 19.0. The number of aryl methyl sites for hydroxylation is 1. The second-order valence-corrected chi connectivity index (χ2v) is 6.68. The molecule has 4 heteroatoms. The van der Waals surface area contributed by atoms with Crippen molar-refractivity contribution in [2.24, 2.45) is 0 Å². The molecule has 0 aliphatic carbocycles. The maximum absolute atomic E-state index is 12.8. The van der Waals surface area contributed by atoms with Crippen molar-refractivity contribution in [2.45, 2.75) is 18.6 Å². The van der Waals surface area contributed by atoms with Gasteiger partial charge in [-0.3, -0.25) is 4.79 Å². The minimum Gasteiger partial charge on any atom is -0.439 e. The third-order valence-corrected chi connectivity index (χ3v) is 4.93. The Labute approximate surface area is 157 Å². The van der Waals surface area contributed by atoms with Crippen molar-refractivity contribution < 1.29 is 19.4 Å². The van der Waals surface area contributed by atoms with Crippen molar-refractivity contribution in [2.75, 3.05) is 0 Å². The number of benzene rings is 3. The van der Waals surface area contributed by atoms with E-state index in [-0.39, 0.29) is 0 Å². The number of carbonyl (C=O) groups is 2. The molecule has 1 heterocycles. The Morgan fingerprint density at radius 1 is 0.778 bits per heavy atom. The molecule has 3 aromatic rings. The zero-order valence-corrected chi connectivity index (χ0v) is 14.8. The van der Waals surface area contributed by atoms with Crippen molar-refractivity contribution in [3.8, 4) is 11.1 Å². The van der Waals surface area contributed by atoms with Gasteiger partial charge in [-0.15, -0.1) is 0 Å². The molecule has 1 saturated heterocycles. The van der Waals surface area contributed by atoms with Crippen LogP contribution < -0.4 is 0 Å². The minimum atomic E-state index is -1.78. The van der Waals surface area contributed by atoms with E-state index >= 15 is 0 Å². The molecule has 1 fully saturated rings. The second-order valence-electron chi connectivity index (χ2n) is 6.68. The van der Waals surface area contributed by atoms with Crippen molar-refractivity contribution in [1.29, 1.82) is 0 Å². The molecular formula is C23H18O4. The molecule has 3 aromatic carbocycles. The lowest BCUT2D eigenvalue weighted by Crippen LogP contribution is -2.37. The highest BCUT2D eigenvalue weighted by Gasteiger charge is 2.57. The average Bonchev–Trinajstić information content (AvgIpc) is 2.94. The molecule has 4 rings (SSSR count). The number of ether oxygens (including phenoxy) is 1. The van der Waals surface area contributed by atoms with E-state index in [0.717, 1.165) is 11.1 Å². The highest BCUT2D eigenvalue weighted by Crippen LogP contribution is 2.41. The smallest absolute Gasteiger partial charge is 0.344 e. The predicted octanol–water partition coefficient (Wildman–Crippen LogP) is 3.39. The van der Waals surface area contributed by atoms with E-state index < -0.39 is 23.5 Å². The summed E-state index contributed by atoms with van der Waals surface area (Å²) in [5, 5.41) is 9.96. The summed E-state index contributed by atoms with van der Waals surface area (Å²) >= 11 is 0. The number of Topliss-reactive ketones (excluding diaryl/α,β-unsaturated/α-hetero) is 1. The summed E-state index contributed by atoms with van der Waals surface area (Å²) in [6.45, 7) is 2.03. The molecule has 0 radical (unpaired) electrons. The molecule has 4 nitrogen and oxygen atoms in total. The fourth-order valence-corrected chi connectivity index (χ4v) is 3.44. The molecule has 1 N–H and O–H groups in total. The van der Waals surface area contributed by atoms with Crippen LogP contribution >= 0.6 is 0 Å². The molecule has 1 aliphatic heterocycles. The molecule has 27 heavy (non-hydrogen) atoms. The summed E-state index contributed by atoms with van der Waals surface area (Å²) in [4.78, 5) is 24.8. The van der Waals surface area contributed by atoms with Gasteiger partial charge in [0.2, 0.25) is 17.5 Å². The number of hydrogen-bond donors (Lipinski definition) is 1. The summed E-state index contributed by atoms with van der Waals surface area (Å²) in [5.74, 6) is -1.59. The topological polar surface area (TPSA) is 63.6 Å². The van der Waals surface area contributed by atoms with Crippen LogP contribution in [0.3, 0.4) is 0 Å². The first-order valence-corrected chi connectivity index (χ1v) is 8.71. The Morgan fingerprint density at radius 3 is 1.81 bits per heavy atom. The maximum Gasteiger partial charge on any atom is 0.344 e. The first-order chi connectivity index (χ1) is 13.0. The van der Waals surface area contributed by atoms with Gasteiger partial charge in [0, 0.05) is 11.1 Å². The summed E-state index contributed by atoms with van der Waals surface area (Å²) in [5.41, 5.74) is 2.62. The van der Waals surface area contributed by atoms with Crippen molar-refractivity contribution in [1.82, 2.24) is 0 Å². The van der Waals surface area contributed by atoms with Gasteiger partial charge in [-0.2, -0.15) is 0 Å². The maximum atomic E-state index is 12.8. The summed E-state index contributed by atoms with van der Waals surface area (Å²) in [7, 11) is 0. The quantitative estimate of drug-likeness (QED) is 0.576. The fourth-order valence-electron chi connectivity index (χ4n) is 3.44. The van der Waals surface area contributed by atoms with Gasteiger partial charge >= 0.3 is 5.97 Å². The van der Waals surface area contributed by atoms with E-state index in [1.54, 1.807) is 36.4 Å². The zero-order valence-electron chi connectivity index (χ0n) is 14.8. The number of hydrogen-bond acceptors (Lipinski definition) is 4. The molecule has 0 bridgehead atoms. The fraction of sp³-hybridized carbons (Fsp3) is 0.130. The lowest BCUT2D eigenvalue weighted by atomic mass is 9.82. The third kappa shape index (κ3) is 2.75. The van der Waals surface area contributed by atoms with Crippen LogP contribution in [-0.4, -0.2) is 23.0 Å². The Hall–Kier alpha value is -3.24. The Morgan fingerprint density at radius 2 is 1.30 bits per heavy atom. The number of esters is 1. The first kappa shape index (κ1) is 17.2. The molecule has 2 atom stereocenters. The summed E-state index contributed by atoms with van der Waals surface area (Å²) < 4.78 is 5.47. The van der Waals surface area contributed by atoms with Crippen LogP contribution in [0.2, 0.25) is 0 Å². The van der Waals surface area contributed by atoms with Crippen LogP contribution in [0.5, 0.6) is 0 Å². The highest BCUT2D eigenvalue weighted by atomic mass is 16.6. The van der Waals surface area contributed by atoms with Crippen LogP contribution in [0, 0.1) is 6.92 Å². The normalized spacial score (nSPS) is 21.9. The van der Waals surface area contributed by atoms with Gasteiger partial charge in [-0.05, 0) is 18.1 Å². The summed E-state index contributed by atoms with van der Waals surface area (Å²) in [6, 6.07) is 24.2. The lowest BCUT2D eigenvalue weighted by Gasteiger charge is -2.27. The van der Waals surface area contributed by atoms with Crippen LogP contribution in [0.15, 0.2) is 78.9 Å². The Balaban J connectivity index is 1.81. The monoisotopic (exact) mass is 358 g/mol. The molecule has 0 saturated carbocycles. The molecule has 1 aliphatic rings. The number of aliphatic hydroxyl groups is 1. The number of aliphatic hydroxyl groups excluding tert-OH is 1. The Bertz CT molecular complexity index is 991. The van der Waals surface area contributed by atoms with Crippen molar-refractivity contribution in [3.63, 3.8) is 0 Å². The van der Waals surface area contributed by atoms with E-state index in [4.69, 9.17) is 4.74 Å².